The van der Waals surface area contributed by atoms with Gasteiger partial charge in [0, 0.05) is 32.1 Å². The zero-order valence-electron chi connectivity index (χ0n) is 12.3. The molecule has 2 fully saturated rings. The van der Waals surface area contributed by atoms with E-state index >= 15 is 0 Å². The van der Waals surface area contributed by atoms with Crippen molar-refractivity contribution in [3.8, 4) is 0 Å². The number of rotatable bonds is 4. The number of carbonyl (C=O) groups excluding carboxylic acids is 1. The lowest BCUT2D eigenvalue weighted by molar-refractivity contribution is -0.132. The molecule has 4 nitrogen and oxygen atoms in total. The van der Waals surface area contributed by atoms with Crippen molar-refractivity contribution in [3.63, 3.8) is 0 Å². The zero-order chi connectivity index (χ0) is 13.7. The Hall–Kier alpha value is -0.610. The molecule has 2 aliphatic heterocycles. The highest BCUT2D eigenvalue weighted by Gasteiger charge is 2.21. The number of amides is 1. The van der Waals surface area contributed by atoms with Crippen molar-refractivity contribution in [1.82, 2.24) is 9.80 Å². The molecule has 0 spiro atoms. The van der Waals surface area contributed by atoms with Crippen molar-refractivity contribution < 1.29 is 4.79 Å². The van der Waals surface area contributed by atoms with Gasteiger partial charge in [0.1, 0.15) is 0 Å². The average Bonchev–Trinajstić information content (AvgIpc) is 2.39. The minimum atomic E-state index is 0.305. The van der Waals surface area contributed by atoms with Crippen LogP contribution in [0.3, 0.4) is 0 Å². The predicted octanol–water partition coefficient (Wildman–Crippen LogP) is 1.45. The molecule has 0 aromatic rings. The van der Waals surface area contributed by atoms with Gasteiger partial charge >= 0.3 is 0 Å². The third kappa shape index (κ3) is 4.77. The van der Waals surface area contributed by atoms with Crippen LogP contribution < -0.4 is 5.73 Å². The molecule has 0 bridgehead atoms. The number of piperidine rings is 2. The molecular formula is C15H29N3O. The molecule has 0 aliphatic carbocycles. The quantitative estimate of drug-likeness (QED) is 0.838. The molecular weight excluding hydrogens is 238 g/mol. The molecule has 0 saturated carbocycles. The lowest BCUT2D eigenvalue weighted by atomic mass is 10.00. The highest BCUT2D eigenvalue weighted by molar-refractivity contribution is 5.76. The molecule has 2 aliphatic rings. The minimum absolute atomic E-state index is 0.305. The highest BCUT2D eigenvalue weighted by atomic mass is 16.2. The van der Waals surface area contributed by atoms with Gasteiger partial charge in [-0.3, -0.25) is 4.79 Å². The van der Waals surface area contributed by atoms with Gasteiger partial charge in [-0.2, -0.15) is 0 Å². The zero-order valence-corrected chi connectivity index (χ0v) is 12.3. The van der Waals surface area contributed by atoms with Crippen molar-refractivity contribution in [2.24, 2.45) is 11.7 Å². The van der Waals surface area contributed by atoms with E-state index in [9.17, 15) is 4.79 Å². The largest absolute Gasteiger partial charge is 0.343 e. The summed E-state index contributed by atoms with van der Waals surface area (Å²) in [5.41, 5.74) is 5.86. The summed E-state index contributed by atoms with van der Waals surface area (Å²) in [6.45, 7) is 7.57. The molecule has 19 heavy (non-hydrogen) atoms. The van der Waals surface area contributed by atoms with Crippen LogP contribution in [0.5, 0.6) is 0 Å². The lowest BCUT2D eigenvalue weighted by Crippen LogP contribution is -2.43. The second-order valence-electron chi connectivity index (χ2n) is 6.37. The average molecular weight is 267 g/mol. The predicted molar refractivity (Wildman–Crippen MR) is 77.9 cm³/mol. The molecule has 1 amide bonds. The van der Waals surface area contributed by atoms with Gasteiger partial charge < -0.3 is 15.5 Å². The van der Waals surface area contributed by atoms with Gasteiger partial charge in [0.15, 0.2) is 0 Å². The monoisotopic (exact) mass is 267 g/mol. The first-order valence-corrected chi connectivity index (χ1v) is 7.91. The van der Waals surface area contributed by atoms with Gasteiger partial charge in [-0.25, -0.2) is 0 Å². The molecule has 1 unspecified atom stereocenters. The Morgan fingerprint density at radius 1 is 1.21 bits per heavy atom. The molecule has 4 heteroatoms. The Kier molecular flexibility index (Phi) is 5.64. The van der Waals surface area contributed by atoms with E-state index in [4.69, 9.17) is 5.73 Å². The van der Waals surface area contributed by atoms with Crippen LogP contribution in [-0.2, 0) is 4.79 Å². The van der Waals surface area contributed by atoms with Crippen LogP contribution in [0.4, 0.5) is 0 Å². The molecule has 0 aromatic carbocycles. The number of likely N-dealkylation sites (tertiary alicyclic amines) is 2. The topological polar surface area (TPSA) is 49.6 Å². The molecule has 0 aromatic heterocycles. The van der Waals surface area contributed by atoms with Crippen molar-refractivity contribution in [2.75, 3.05) is 32.7 Å². The summed E-state index contributed by atoms with van der Waals surface area (Å²) in [7, 11) is 0. The molecule has 0 radical (unpaired) electrons. The first-order valence-electron chi connectivity index (χ1n) is 7.91. The molecule has 110 valence electrons. The first-order chi connectivity index (χ1) is 9.15. The van der Waals surface area contributed by atoms with Gasteiger partial charge in [-0.1, -0.05) is 6.92 Å². The van der Waals surface area contributed by atoms with E-state index in [0.717, 1.165) is 44.8 Å². The van der Waals surface area contributed by atoms with E-state index in [1.165, 1.54) is 25.9 Å². The van der Waals surface area contributed by atoms with Gasteiger partial charge in [0.25, 0.3) is 0 Å². The summed E-state index contributed by atoms with van der Waals surface area (Å²) in [5.74, 6) is 1.16. The van der Waals surface area contributed by atoms with E-state index in [0.29, 0.717) is 18.4 Å². The minimum Gasteiger partial charge on any atom is -0.343 e. The second kappa shape index (κ2) is 7.25. The number of hydrogen-bond donors (Lipinski definition) is 1. The fourth-order valence-corrected chi connectivity index (χ4v) is 3.25. The highest BCUT2D eigenvalue weighted by Crippen LogP contribution is 2.16. The van der Waals surface area contributed by atoms with Gasteiger partial charge in [-0.15, -0.1) is 0 Å². The molecule has 2 saturated heterocycles. The van der Waals surface area contributed by atoms with Crippen LogP contribution in [0, 0.1) is 5.92 Å². The van der Waals surface area contributed by atoms with E-state index in [-0.39, 0.29) is 0 Å². The Labute approximate surface area is 117 Å². The smallest absolute Gasteiger partial charge is 0.222 e. The molecule has 2 heterocycles. The molecule has 2 N–H and O–H groups in total. The lowest BCUT2D eigenvalue weighted by Gasteiger charge is -2.32. The van der Waals surface area contributed by atoms with Crippen molar-refractivity contribution in [2.45, 2.75) is 51.5 Å². The summed E-state index contributed by atoms with van der Waals surface area (Å²) in [6.07, 6.45) is 6.33. The third-order valence-electron chi connectivity index (χ3n) is 4.50. The maximum atomic E-state index is 12.1. The number of nitrogens with two attached hydrogens (primary N) is 1. The van der Waals surface area contributed by atoms with Crippen molar-refractivity contribution >= 4 is 5.91 Å². The van der Waals surface area contributed by atoms with Crippen LogP contribution >= 0.6 is 0 Å². The summed E-state index contributed by atoms with van der Waals surface area (Å²) < 4.78 is 0. The van der Waals surface area contributed by atoms with E-state index in [1.807, 2.05) is 4.90 Å². The van der Waals surface area contributed by atoms with Crippen LogP contribution in [-0.4, -0.2) is 54.5 Å². The Bertz CT molecular complexity index is 287. The van der Waals surface area contributed by atoms with Crippen LogP contribution in [0.2, 0.25) is 0 Å². The molecule has 1 atom stereocenters. The first kappa shape index (κ1) is 14.8. The Balaban J connectivity index is 1.61. The fraction of sp³-hybridized carbons (Fsp3) is 0.933. The maximum Gasteiger partial charge on any atom is 0.222 e. The Morgan fingerprint density at radius 2 is 1.95 bits per heavy atom. The Morgan fingerprint density at radius 3 is 2.63 bits per heavy atom. The number of carbonyl (C=O) groups is 1. The van der Waals surface area contributed by atoms with E-state index in [1.54, 1.807) is 0 Å². The number of hydrogen-bond acceptors (Lipinski definition) is 3. The van der Waals surface area contributed by atoms with Crippen LogP contribution in [0.25, 0.3) is 0 Å². The van der Waals surface area contributed by atoms with Crippen molar-refractivity contribution in [3.05, 3.63) is 0 Å². The van der Waals surface area contributed by atoms with Crippen LogP contribution in [0.1, 0.15) is 45.4 Å². The van der Waals surface area contributed by atoms with Crippen molar-refractivity contribution in [1.29, 1.82) is 0 Å². The number of nitrogens with zero attached hydrogens (tertiary/aromatic N) is 2. The molecule has 2 rings (SSSR count). The SMILES string of the molecule is CC1CCCN(CCCC(=O)N2CCC(N)CC2)C1. The van der Waals surface area contributed by atoms with Crippen LogP contribution in [0.15, 0.2) is 0 Å². The van der Waals surface area contributed by atoms with Gasteiger partial charge in [-0.05, 0) is 51.1 Å². The normalized spacial score (nSPS) is 26.6. The van der Waals surface area contributed by atoms with E-state index < -0.39 is 0 Å². The van der Waals surface area contributed by atoms with Gasteiger partial charge in [0.05, 0.1) is 0 Å². The summed E-state index contributed by atoms with van der Waals surface area (Å²) in [6, 6.07) is 0.305. The maximum absolute atomic E-state index is 12.1. The summed E-state index contributed by atoms with van der Waals surface area (Å²) in [4.78, 5) is 16.6. The summed E-state index contributed by atoms with van der Waals surface area (Å²) >= 11 is 0. The standard InChI is InChI=1S/C15H29N3O/c1-13-4-2-8-17(12-13)9-3-5-15(19)18-10-6-14(16)7-11-18/h13-14H,2-12,16H2,1H3. The third-order valence-corrected chi connectivity index (χ3v) is 4.50. The van der Waals surface area contributed by atoms with Gasteiger partial charge in [0.2, 0.25) is 5.91 Å². The van der Waals surface area contributed by atoms with E-state index in [2.05, 4.69) is 11.8 Å². The fourth-order valence-electron chi connectivity index (χ4n) is 3.25. The second-order valence-corrected chi connectivity index (χ2v) is 6.37. The summed E-state index contributed by atoms with van der Waals surface area (Å²) in [5, 5.41) is 0.